The quantitative estimate of drug-likeness (QED) is 0.527. The molecule has 1 unspecified atom stereocenters. The van der Waals surface area contributed by atoms with Crippen molar-refractivity contribution in [3.63, 3.8) is 0 Å². The molecule has 4 aliphatic carbocycles. The molecule has 37 heavy (non-hydrogen) atoms. The zero-order valence-electron chi connectivity index (χ0n) is 22.8. The summed E-state index contributed by atoms with van der Waals surface area (Å²) in [6.07, 6.45) is 5.91. The highest BCUT2D eigenvalue weighted by Crippen LogP contribution is 2.71. The number of aliphatic imine (C=N–C) groups is 1. The molecule has 0 aromatic heterocycles. The van der Waals surface area contributed by atoms with Gasteiger partial charge in [-0.1, -0.05) is 39.3 Å². The van der Waals surface area contributed by atoms with E-state index in [1.54, 1.807) is 20.9 Å². The Labute approximate surface area is 218 Å². The number of ether oxygens (including phenoxy) is 2. The maximum absolute atomic E-state index is 17.5. The van der Waals surface area contributed by atoms with Crippen LogP contribution in [0.15, 0.2) is 28.8 Å². The summed E-state index contributed by atoms with van der Waals surface area (Å²) in [7, 11) is 1.70. The van der Waals surface area contributed by atoms with Crippen LogP contribution in [-0.2, 0) is 23.9 Å². The smallest absolute Gasteiger partial charge is 0.306 e. The number of hydrogen-bond donors (Lipinski definition) is 1. The van der Waals surface area contributed by atoms with Crippen molar-refractivity contribution >= 4 is 23.4 Å². The Kier molecular flexibility index (Phi) is 7.06. The zero-order chi connectivity index (χ0) is 27.4. The van der Waals surface area contributed by atoms with Crippen LogP contribution < -0.4 is 0 Å². The largest absolute Gasteiger partial charge is 0.457 e. The first kappa shape index (κ1) is 27.7. The summed E-state index contributed by atoms with van der Waals surface area (Å²) >= 11 is 0. The number of fused-ring (bicyclic) bond motifs is 5. The molecule has 3 saturated carbocycles. The van der Waals surface area contributed by atoms with Gasteiger partial charge in [-0.05, 0) is 50.7 Å². The Hall–Kier alpha value is -2.35. The molecule has 7 nitrogen and oxygen atoms in total. The lowest BCUT2D eigenvalue weighted by atomic mass is 9.44. The third kappa shape index (κ3) is 3.68. The number of Topliss-reactive ketones (excluding diaryl/α,β-unsaturated/α-hetero) is 1. The number of aliphatic hydroxyl groups is 1. The third-order valence-corrected chi connectivity index (χ3v) is 10.1. The summed E-state index contributed by atoms with van der Waals surface area (Å²) in [6.45, 7) is 8.30. The fourth-order valence-corrected chi connectivity index (χ4v) is 8.15. The van der Waals surface area contributed by atoms with E-state index in [2.05, 4.69) is 4.99 Å². The van der Waals surface area contributed by atoms with Crippen LogP contribution in [-0.4, -0.2) is 59.6 Å². The fraction of sp³-hybridized carbons (Fsp3) is 0.724. The predicted octanol–water partition coefficient (Wildman–Crippen LogP) is 4.32. The summed E-state index contributed by atoms with van der Waals surface area (Å²) in [6, 6.07) is 0. The van der Waals surface area contributed by atoms with Crippen LogP contribution in [0, 0.1) is 28.6 Å². The molecule has 4 aliphatic rings. The highest BCUT2D eigenvalue weighted by atomic mass is 19.1. The average Bonchev–Trinajstić information content (AvgIpc) is 3.09. The van der Waals surface area contributed by atoms with Crippen LogP contribution in [0.4, 0.5) is 4.39 Å². The van der Waals surface area contributed by atoms with Crippen LogP contribution in [0.5, 0.6) is 0 Å². The molecule has 204 valence electrons. The number of esters is 2. The maximum Gasteiger partial charge on any atom is 0.306 e. The molecule has 0 saturated heterocycles. The standard InChI is InChI=1S/C29H40FNO6/c1-7-24(34)36-16-23(33)29(37-25(35)8-2)17(3)13-21-20-10-9-18-14-19(31-6)11-12-26(18,4)28(20,30)22(32)15-27(21,29)5/h11-12,14,17,20-22,32H,7-10,13,15-16H2,1-6H3/t17-,20-,21?,22-,26-,27-,28-,29+/m0/s1. The van der Waals surface area contributed by atoms with E-state index in [0.29, 0.717) is 19.3 Å². The van der Waals surface area contributed by atoms with E-state index >= 15 is 4.39 Å². The second-order valence-electron chi connectivity index (χ2n) is 11.6. The predicted molar refractivity (Wildman–Crippen MR) is 137 cm³/mol. The van der Waals surface area contributed by atoms with Gasteiger partial charge in [0.15, 0.2) is 17.9 Å². The van der Waals surface area contributed by atoms with Crippen LogP contribution in [0.3, 0.4) is 0 Å². The molecule has 0 radical (unpaired) electrons. The normalized spacial score (nSPS) is 43.4. The van der Waals surface area contributed by atoms with E-state index in [4.69, 9.17) is 9.47 Å². The van der Waals surface area contributed by atoms with Crippen molar-refractivity contribution in [2.45, 2.75) is 90.5 Å². The number of carbonyl (C=O) groups is 3. The first-order chi connectivity index (χ1) is 17.3. The Morgan fingerprint density at radius 1 is 1.16 bits per heavy atom. The number of halogens is 1. The Morgan fingerprint density at radius 3 is 2.46 bits per heavy atom. The second kappa shape index (κ2) is 9.44. The van der Waals surface area contributed by atoms with E-state index in [0.717, 1.165) is 11.3 Å². The zero-order valence-corrected chi connectivity index (χ0v) is 22.8. The van der Waals surface area contributed by atoms with Gasteiger partial charge in [-0.25, -0.2) is 4.39 Å². The van der Waals surface area contributed by atoms with Crippen LogP contribution >= 0.6 is 0 Å². The topological polar surface area (TPSA) is 102 Å². The van der Waals surface area contributed by atoms with Crippen LogP contribution in [0.25, 0.3) is 0 Å². The molecule has 8 heteroatoms. The highest BCUT2D eigenvalue weighted by molar-refractivity contribution is 6.05. The van der Waals surface area contributed by atoms with Gasteiger partial charge in [-0.3, -0.25) is 19.4 Å². The Balaban J connectivity index is 1.80. The summed E-state index contributed by atoms with van der Waals surface area (Å²) < 4.78 is 28.8. The van der Waals surface area contributed by atoms with E-state index in [-0.39, 0.29) is 25.2 Å². The fourth-order valence-electron chi connectivity index (χ4n) is 8.15. The minimum absolute atomic E-state index is 0.0507. The third-order valence-electron chi connectivity index (χ3n) is 10.1. The first-order valence-electron chi connectivity index (χ1n) is 13.5. The molecule has 1 N–H and O–H groups in total. The summed E-state index contributed by atoms with van der Waals surface area (Å²) in [5.41, 5.74) is -3.94. The average molecular weight is 518 g/mol. The van der Waals surface area contributed by atoms with E-state index in [1.165, 1.54) is 0 Å². The molecule has 4 rings (SSSR count). The van der Waals surface area contributed by atoms with Crippen molar-refractivity contribution in [3.05, 3.63) is 23.8 Å². The Morgan fingerprint density at radius 2 is 1.84 bits per heavy atom. The lowest BCUT2D eigenvalue weighted by Crippen LogP contribution is -2.70. The Bertz CT molecular complexity index is 1080. The van der Waals surface area contributed by atoms with Gasteiger partial charge in [0.05, 0.1) is 11.8 Å². The number of ketones is 1. The lowest BCUT2D eigenvalue weighted by molar-refractivity contribution is -0.228. The van der Waals surface area contributed by atoms with Crippen molar-refractivity contribution in [3.8, 4) is 0 Å². The van der Waals surface area contributed by atoms with E-state index in [1.807, 2.05) is 39.0 Å². The molecular weight excluding hydrogens is 477 g/mol. The molecule has 0 aromatic rings. The van der Waals surface area contributed by atoms with Gasteiger partial charge in [-0.2, -0.15) is 0 Å². The van der Waals surface area contributed by atoms with Gasteiger partial charge in [-0.15, -0.1) is 0 Å². The SMILES string of the molecule is CCC(=O)OCC(=O)[C@]1(OC(=O)CC)[C@@H](C)CC2[C@@H]3CCC4=CC(=NC)C=C[C@]4(C)[C@@]3(F)[C@@H](O)C[C@@]21C. The summed E-state index contributed by atoms with van der Waals surface area (Å²) in [5.74, 6) is -2.88. The lowest BCUT2D eigenvalue weighted by Gasteiger charge is -2.62. The number of nitrogens with zero attached hydrogens (tertiary/aromatic N) is 1. The van der Waals surface area contributed by atoms with Gasteiger partial charge < -0.3 is 14.6 Å². The number of rotatable bonds is 6. The number of alkyl halides is 1. The van der Waals surface area contributed by atoms with Gasteiger partial charge in [0, 0.05) is 42.6 Å². The summed E-state index contributed by atoms with van der Waals surface area (Å²) in [5, 5.41) is 11.6. The summed E-state index contributed by atoms with van der Waals surface area (Å²) in [4.78, 5) is 42.7. The molecule has 0 bridgehead atoms. The molecule has 3 fully saturated rings. The van der Waals surface area contributed by atoms with E-state index in [9.17, 15) is 19.5 Å². The number of carbonyl (C=O) groups excluding carboxylic acids is 3. The highest BCUT2D eigenvalue weighted by Gasteiger charge is 2.77. The van der Waals surface area contributed by atoms with Gasteiger partial charge in [0.2, 0.25) is 5.78 Å². The molecular formula is C29H40FNO6. The monoisotopic (exact) mass is 517 g/mol. The van der Waals surface area contributed by atoms with Crippen LogP contribution in [0.2, 0.25) is 0 Å². The minimum Gasteiger partial charge on any atom is -0.457 e. The van der Waals surface area contributed by atoms with Crippen molar-refractivity contribution in [2.24, 2.45) is 33.6 Å². The first-order valence-corrected chi connectivity index (χ1v) is 13.5. The minimum atomic E-state index is -1.96. The molecule has 0 heterocycles. The molecule has 8 atom stereocenters. The van der Waals surface area contributed by atoms with Crippen LogP contribution in [0.1, 0.15) is 73.1 Å². The number of hydrogen-bond acceptors (Lipinski definition) is 7. The van der Waals surface area contributed by atoms with E-state index < -0.39 is 64.4 Å². The molecule has 0 amide bonds. The van der Waals surface area contributed by atoms with Crippen molar-refractivity contribution in [2.75, 3.05) is 13.7 Å². The molecule has 0 aliphatic heterocycles. The van der Waals surface area contributed by atoms with Crippen molar-refractivity contribution in [1.82, 2.24) is 0 Å². The van der Waals surface area contributed by atoms with Gasteiger partial charge in [0.25, 0.3) is 0 Å². The van der Waals surface area contributed by atoms with Crippen molar-refractivity contribution in [1.29, 1.82) is 0 Å². The number of allylic oxidation sites excluding steroid dienone is 4. The second-order valence-corrected chi connectivity index (χ2v) is 11.6. The van der Waals surface area contributed by atoms with Gasteiger partial charge in [0.1, 0.15) is 0 Å². The maximum atomic E-state index is 17.5. The van der Waals surface area contributed by atoms with Crippen molar-refractivity contribution < 1.29 is 33.4 Å². The molecule has 0 spiro atoms. The number of aliphatic hydroxyl groups excluding tert-OH is 1. The molecule has 0 aromatic carbocycles. The van der Waals surface area contributed by atoms with Gasteiger partial charge >= 0.3 is 11.9 Å².